The summed E-state index contributed by atoms with van der Waals surface area (Å²) in [5.41, 5.74) is 1.60. The summed E-state index contributed by atoms with van der Waals surface area (Å²) in [5.74, 6) is -0.908. The Balaban J connectivity index is 1.70. The Morgan fingerprint density at radius 1 is 0.929 bits per heavy atom. The molecule has 3 aromatic carbocycles. The van der Waals surface area contributed by atoms with E-state index in [1.54, 1.807) is 61.5 Å². The Bertz CT molecular complexity index is 1530. The molecule has 1 fully saturated rings. The SMILES string of the molecule is Cc1ccc(S(=O)(=O)N(CC(=O)N(Cc2ccc(Cl)cc2Cl)C(C)C(=O)NC2CCCCC2)c2ccccc2Cl)cc1. The minimum Gasteiger partial charge on any atom is -0.352 e. The van der Waals surface area contributed by atoms with Gasteiger partial charge in [-0.05, 0) is 68.7 Å². The summed E-state index contributed by atoms with van der Waals surface area (Å²) in [5, 5.41) is 4.00. The van der Waals surface area contributed by atoms with E-state index in [-0.39, 0.29) is 34.1 Å². The molecule has 0 aromatic heterocycles. The molecule has 224 valence electrons. The Kier molecular flexibility index (Phi) is 10.8. The summed E-state index contributed by atoms with van der Waals surface area (Å²) < 4.78 is 28.9. The molecular weight excluding hydrogens is 617 g/mol. The third-order valence-corrected chi connectivity index (χ3v) is 10.2. The van der Waals surface area contributed by atoms with Gasteiger partial charge < -0.3 is 10.2 Å². The average Bonchev–Trinajstić information content (AvgIpc) is 2.96. The highest BCUT2D eigenvalue weighted by Crippen LogP contribution is 2.31. The molecule has 1 atom stereocenters. The van der Waals surface area contributed by atoms with Gasteiger partial charge in [0.05, 0.1) is 15.6 Å². The highest BCUT2D eigenvalue weighted by molar-refractivity contribution is 7.92. The van der Waals surface area contributed by atoms with Crippen LogP contribution in [0.5, 0.6) is 0 Å². The number of nitrogens with zero attached hydrogens (tertiary/aromatic N) is 2. The lowest BCUT2D eigenvalue weighted by molar-refractivity contribution is -0.139. The van der Waals surface area contributed by atoms with E-state index in [4.69, 9.17) is 34.8 Å². The van der Waals surface area contributed by atoms with Crippen molar-refractivity contribution >= 4 is 62.3 Å². The van der Waals surface area contributed by atoms with Crippen molar-refractivity contribution in [2.24, 2.45) is 0 Å². The molecule has 7 nitrogen and oxygen atoms in total. The third kappa shape index (κ3) is 7.78. The molecular formula is C31H34Cl3N3O4S. The second kappa shape index (κ2) is 14.1. The van der Waals surface area contributed by atoms with Crippen LogP contribution in [0, 0.1) is 6.92 Å². The predicted octanol–water partition coefficient (Wildman–Crippen LogP) is 7.02. The van der Waals surface area contributed by atoms with E-state index in [0.29, 0.717) is 15.6 Å². The van der Waals surface area contributed by atoms with Crippen LogP contribution in [-0.4, -0.2) is 43.8 Å². The van der Waals surface area contributed by atoms with Crippen molar-refractivity contribution in [3.05, 3.63) is 92.9 Å². The number of halogens is 3. The van der Waals surface area contributed by atoms with Crippen LogP contribution < -0.4 is 9.62 Å². The summed E-state index contributed by atoms with van der Waals surface area (Å²) in [4.78, 5) is 28.9. The minimum atomic E-state index is -4.22. The van der Waals surface area contributed by atoms with Crippen LogP contribution in [0.1, 0.15) is 50.2 Å². The van der Waals surface area contributed by atoms with Crippen LogP contribution in [0.2, 0.25) is 15.1 Å². The van der Waals surface area contributed by atoms with Crippen LogP contribution >= 0.6 is 34.8 Å². The van der Waals surface area contributed by atoms with Gasteiger partial charge in [0.1, 0.15) is 12.6 Å². The second-order valence-electron chi connectivity index (χ2n) is 10.6. The zero-order valence-electron chi connectivity index (χ0n) is 23.5. The Morgan fingerprint density at radius 3 is 2.24 bits per heavy atom. The average molecular weight is 651 g/mol. The summed E-state index contributed by atoms with van der Waals surface area (Å²) in [6, 6.07) is 16.8. The number of rotatable bonds is 10. The first-order valence-electron chi connectivity index (χ1n) is 13.8. The topological polar surface area (TPSA) is 86.8 Å². The van der Waals surface area contributed by atoms with Gasteiger partial charge in [-0.1, -0.05) is 90.0 Å². The molecule has 42 heavy (non-hydrogen) atoms. The van der Waals surface area contributed by atoms with E-state index in [1.807, 2.05) is 6.92 Å². The summed E-state index contributed by atoms with van der Waals surface area (Å²) >= 11 is 19.0. The van der Waals surface area contributed by atoms with Crippen LogP contribution in [0.4, 0.5) is 5.69 Å². The fourth-order valence-corrected chi connectivity index (χ4v) is 7.18. The van der Waals surface area contributed by atoms with Gasteiger partial charge in [0.25, 0.3) is 10.0 Å². The van der Waals surface area contributed by atoms with Crippen molar-refractivity contribution in [3.8, 4) is 0 Å². The van der Waals surface area contributed by atoms with Gasteiger partial charge in [-0.2, -0.15) is 0 Å². The molecule has 0 saturated heterocycles. The third-order valence-electron chi connectivity index (χ3n) is 7.48. The van der Waals surface area contributed by atoms with E-state index in [2.05, 4.69) is 5.32 Å². The molecule has 3 aromatic rings. The molecule has 0 bridgehead atoms. The first-order chi connectivity index (χ1) is 20.0. The molecule has 0 heterocycles. The van der Waals surface area contributed by atoms with Gasteiger partial charge in [-0.3, -0.25) is 13.9 Å². The van der Waals surface area contributed by atoms with E-state index >= 15 is 0 Å². The van der Waals surface area contributed by atoms with Gasteiger partial charge in [0, 0.05) is 22.6 Å². The van der Waals surface area contributed by atoms with Crippen molar-refractivity contribution in [2.45, 2.75) is 69.5 Å². The standard InChI is InChI=1S/C31H34Cl3N3O4S/c1-21-12-16-26(17-13-21)42(40,41)37(29-11-7-6-10-27(29)33)20-30(38)36(19-23-14-15-24(32)18-28(23)34)22(2)31(39)35-25-8-4-3-5-9-25/h6-7,10-18,22,25H,3-5,8-9,19-20H2,1-2H3,(H,35,39). The number of hydrogen-bond donors (Lipinski definition) is 1. The molecule has 1 unspecified atom stereocenters. The molecule has 0 spiro atoms. The number of amides is 2. The van der Waals surface area contributed by atoms with E-state index in [9.17, 15) is 18.0 Å². The maximum absolute atomic E-state index is 14.1. The molecule has 4 rings (SSSR count). The molecule has 1 saturated carbocycles. The predicted molar refractivity (Wildman–Crippen MR) is 169 cm³/mol. The summed E-state index contributed by atoms with van der Waals surface area (Å²) in [6.45, 7) is 2.86. The van der Waals surface area contributed by atoms with Gasteiger partial charge in [0.2, 0.25) is 11.8 Å². The number of anilines is 1. The molecule has 0 aliphatic heterocycles. The van der Waals surface area contributed by atoms with Crippen LogP contribution in [0.25, 0.3) is 0 Å². The van der Waals surface area contributed by atoms with Gasteiger partial charge in [-0.15, -0.1) is 0 Å². The number of aryl methyl sites for hydroxylation is 1. The highest BCUT2D eigenvalue weighted by atomic mass is 35.5. The number of sulfonamides is 1. The number of nitrogens with one attached hydrogen (secondary N) is 1. The summed E-state index contributed by atoms with van der Waals surface area (Å²) in [7, 11) is -4.22. The zero-order valence-corrected chi connectivity index (χ0v) is 26.6. The maximum Gasteiger partial charge on any atom is 0.264 e. The van der Waals surface area contributed by atoms with E-state index in [1.165, 1.54) is 17.0 Å². The largest absolute Gasteiger partial charge is 0.352 e. The zero-order chi connectivity index (χ0) is 30.4. The van der Waals surface area contributed by atoms with Crippen LogP contribution in [-0.2, 0) is 26.2 Å². The second-order valence-corrected chi connectivity index (χ2v) is 13.7. The van der Waals surface area contributed by atoms with Gasteiger partial charge in [0.15, 0.2) is 0 Å². The van der Waals surface area contributed by atoms with Crippen molar-refractivity contribution in [1.82, 2.24) is 10.2 Å². The van der Waals surface area contributed by atoms with Crippen molar-refractivity contribution in [1.29, 1.82) is 0 Å². The Labute approximate surface area is 262 Å². The van der Waals surface area contributed by atoms with Crippen LogP contribution in [0.3, 0.4) is 0 Å². The van der Waals surface area contributed by atoms with E-state index in [0.717, 1.165) is 42.0 Å². The number of carbonyl (C=O) groups excluding carboxylic acids is 2. The number of hydrogen-bond acceptors (Lipinski definition) is 4. The smallest absolute Gasteiger partial charge is 0.264 e. The van der Waals surface area contributed by atoms with Crippen molar-refractivity contribution in [2.75, 3.05) is 10.8 Å². The normalized spacial score (nSPS) is 14.7. The lowest BCUT2D eigenvalue weighted by atomic mass is 9.95. The van der Waals surface area contributed by atoms with Gasteiger partial charge >= 0.3 is 0 Å². The fourth-order valence-electron chi connectivity index (χ4n) is 4.99. The Morgan fingerprint density at radius 2 is 1.60 bits per heavy atom. The lowest BCUT2D eigenvalue weighted by Gasteiger charge is -2.33. The quantitative estimate of drug-likeness (QED) is 0.256. The molecule has 11 heteroatoms. The molecule has 0 radical (unpaired) electrons. The van der Waals surface area contributed by atoms with Crippen LogP contribution in [0.15, 0.2) is 71.6 Å². The number of carbonyl (C=O) groups is 2. The number of benzene rings is 3. The maximum atomic E-state index is 14.1. The highest BCUT2D eigenvalue weighted by Gasteiger charge is 2.34. The Hall–Kier alpha value is -2.78. The lowest BCUT2D eigenvalue weighted by Crippen LogP contribution is -2.53. The first kappa shape index (κ1) is 32.1. The van der Waals surface area contributed by atoms with Crippen molar-refractivity contribution < 1.29 is 18.0 Å². The van der Waals surface area contributed by atoms with E-state index < -0.39 is 28.5 Å². The number of para-hydroxylation sites is 1. The monoisotopic (exact) mass is 649 g/mol. The molecule has 2 amide bonds. The molecule has 1 aliphatic carbocycles. The first-order valence-corrected chi connectivity index (χ1v) is 16.4. The van der Waals surface area contributed by atoms with Crippen molar-refractivity contribution in [3.63, 3.8) is 0 Å². The molecule has 1 aliphatic rings. The fraction of sp³-hybridized carbons (Fsp3) is 0.355. The molecule has 1 N–H and O–H groups in total. The summed E-state index contributed by atoms with van der Waals surface area (Å²) in [6.07, 6.45) is 4.96. The van der Waals surface area contributed by atoms with Gasteiger partial charge in [-0.25, -0.2) is 8.42 Å². The minimum absolute atomic E-state index is 0.0104.